The summed E-state index contributed by atoms with van der Waals surface area (Å²) >= 11 is 1.94. The molecule has 0 spiro atoms. The molecule has 53 valence electrons. The molecule has 0 aromatic heterocycles. The molecule has 0 aliphatic heterocycles. The van der Waals surface area contributed by atoms with Gasteiger partial charge in [0, 0.05) is 20.4 Å². The Hall–Kier alpha value is 3.17. The summed E-state index contributed by atoms with van der Waals surface area (Å²) in [5, 5.41) is 7.94. The van der Waals surface area contributed by atoms with Gasteiger partial charge in [-0.3, -0.25) is 0 Å². The van der Waals surface area contributed by atoms with Crippen molar-refractivity contribution in [2.45, 2.75) is 4.89 Å². The first-order valence-electron chi connectivity index (χ1n) is 1.16. The molecule has 0 bridgehead atoms. The second-order valence-corrected chi connectivity index (χ2v) is 6.89. The first-order valence-corrected chi connectivity index (χ1v) is 10.6. The third-order valence-corrected chi connectivity index (χ3v) is 3.64. The van der Waals surface area contributed by atoms with Gasteiger partial charge in [0.2, 0.25) is 0 Å². The van der Waals surface area contributed by atoms with Crippen molar-refractivity contribution >= 4 is 57.4 Å². The quantitative estimate of drug-likeness (QED) is 0.437. The minimum absolute atomic E-state index is 0. The minimum Gasteiger partial charge on any atom is 0 e. The maximum Gasteiger partial charge on any atom is 0 e. The predicted molar refractivity (Wildman–Crippen MR) is 19.6 cm³/mol. The maximum atomic E-state index is 9.63. The van der Waals surface area contributed by atoms with E-state index in [0.29, 0.717) is 4.89 Å². The van der Waals surface area contributed by atoms with E-state index < -0.39 is 5.97 Å². The van der Waals surface area contributed by atoms with Crippen LogP contribution >= 0.6 is 0 Å². The molecule has 0 amide bonds. The molecule has 0 aliphatic rings. The van der Waals surface area contributed by atoms with Gasteiger partial charge in [-0.2, -0.15) is 0 Å². The summed E-state index contributed by atoms with van der Waals surface area (Å²) in [4.78, 5) is 10.0. The van der Waals surface area contributed by atoms with Crippen LogP contribution in [0.25, 0.3) is 0 Å². The zero-order chi connectivity index (χ0) is 4.99. The molecular weight excluding hydrogens is 585 g/mol. The molecule has 0 heterocycles. The van der Waals surface area contributed by atoms with E-state index in [9.17, 15) is 4.79 Å². The van der Waals surface area contributed by atoms with Gasteiger partial charge in [0.25, 0.3) is 0 Å². The average molecular weight is 589 g/mol. The van der Waals surface area contributed by atoms with Crippen LogP contribution in [0.5, 0.6) is 0 Å². The van der Waals surface area contributed by atoms with Crippen LogP contribution in [0.2, 0.25) is 4.89 Å². The average Bonchev–Trinajstić information content (AvgIpc) is 1.35. The number of hydrogen-bond acceptors (Lipinski definition) is 1. The van der Waals surface area contributed by atoms with Gasteiger partial charge in [-0.1, -0.05) is 0 Å². The van der Waals surface area contributed by atoms with Crippen molar-refractivity contribution in [3.63, 3.8) is 0 Å². The Kier molecular flexibility index (Phi) is 27.7. The van der Waals surface area contributed by atoms with Gasteiger partial charge < -0.3 is 0 Å². The first kappa shape index (κ1) is 17.3. The summed E-state index contributed by atoms with van der Waals surface area (Å²) in [5.41, 5.74) is 0. The molecule has 0 atom stereocenters. The van der Waals surface area contributed by atoms with Crippen LogP contribution in [0, 0.1) is 0 Å². The van der Waals surface area contributed by atoms with Crippen LogP contribution in [-0.4, -0.2) is 62.5 Å². The van der Waals surface area contributed by atoms with Crippen molar-refractivity contribution in [3.05, 3.63) is 0 Å². The molecule has 0 saturated heterocycles. The summed E-state index contributed by atoms with van der Waals surface area (Å²) in [7, 11) is 0. The number of carboxylic acids is 1. The van der Waals surface area contributed by atoms with Gasteiger partial charge in [-0.15, -0.1) is 0 Å². The van der Waals surface area contributed by atoms with E-state index in [4.69, 9.17) is 5.11 Å². The van der Waals surface area contributed by atoms with Crippen LogP contribution in [0.1, 0.15) is 0 Å². The molecular formula is C2H4AuKO2PdRe. The van der Waals surface area contributed by atoms with Gasteiger partial charge in [-0.25, -0.2) is 0 Å². The molecule has 2 nitrogen and oxygen atoms in total. The Morgan fingerprint density at radius 3 is 2.12 bits per heavy atom. The topological polar surface area (TPSA) is 37.3 Å². The van der Waals surface area contributed by atoms with Crippen LogP contribution in [0.15, 0.2) is 0 Å². The Labute approximate surface area is 122 Å². The monoisotopic (exact) mass is 589 g/mol. The van der Waals surface area contributed by atoms with Crippen LogP contribution in [0.3, 0.4) is 0 Å². The molecule has 6 heteroatoms. The zero-order valence-corrected chi connectivity index (χ0v) is 9.50. The van der Waals surface area contributed by atoms with Crippen molar-refractivity contribution in [3.8, 4) is 0 Å². The first-order chi connectivity index (χ1) is 2.77. The smallest absolute Gasteiger partial charge is 0 e. The Bertz CT molecular complexity index is 64.0. The summed E-state index contributed by atoms with van der Waals surface area (Å²) in [6, 6.07) is 0. The van der Waals surface area contributed by atoms with Crippen LogP contribution in [-0.2, 0) is 58.1 Å². The fourth-order valence-corrected chi connectivity index (χ4v) is 2.31. The van der Waals surface area contributed by atoms with Crippen molar-refractivity contribution in [2.24, 2.45) is 0 Å². The second-order valence-electron chi connectivity index (χ2n) is 0.608. The molecule has 0 fully saturated rings. The predicted octanol–water partition coefficient (Wildman–Crippen LogP) is -0.617. The Balaban J connectivity index is -0.000000125. The standard InChI is InChI=1S/C2H3O2.Au.K.Pd.Re.H/c1-2(3)4;;;;;/h1H2,(H,3,4);;;;;. The van der Waals surface area contributed by atoms with E-state index in [1.807, 2.05) is 0 Å². The molecule has 8 heavy (non-hydrogen) atoms. The number of rotatable bonds is 2. The molecule has 0 aromatic rings. The van der Waals surface area contributed by atoms with Gasteiger partial charge in [-0.05, 0) is 0 Å². The van der Waals surface area contributed by atoms with Crippen molar-refractivity contribution in [1.82, 2.24) is 0 Å². The fourth-order valence-electron chi connectivity index (χ4n) is 0.0345. The van der Waals surface area contributed by atoms with Gasteiger partial charge in [0.15, 0.2) is 0 Å². The van der Waals surface area contributed by atoms with E-state index in [-0.39, 0.29) is 86.5 Å². The molecule has 0 rings (SSSR count). The summed E-state index contributed by atoms with van der Waals surface area (Å²) in [5.74, 6) is -0.657. The van der Waals surface area contributed by atoms with E-state index in [1.165, 1.54) is 0 Å². The second kappa shape index (κ2) is 12.8. The molecule has 0 unspecified atom stereocenters. The summed E-state index contributed by atoms with van der Waals surface area (Å²) < 4.78 is 0. The number of hydrogen-bond donors (Lipinski definition) is 1. The normalized spacial score (nSPS) is 6.25. The molecule has 0 saturated carbocycles. The Morgan fingerprint density at radius 2 is 2.12 bits per heavy atom. The van der Waals surface area contributed by atoms with E-state index in [0.717, 1.165) is 0 Å². The van der Waals surface area contributed by atoms with Crippen LogP contribution in [0.4, 0.5) is 0 Å². The van der Waals surface area contributed by atoms with Gasteiger partial charge in [0.05, 0.1) is 0 Å². The minimum atomic E-state index is -0.657. The van der Waals surface area contributed by atoms with Crippen molar-refractivity contribution in [1.29, 1.82) is 0 Å². The third-order valence-electron chi connectivity index (χ3n) is 0.155. The van der Waals surface area contributed by atoms with Crippen LogP contribution < -0.4 is 0 Å². The van der Waals surface area contributed by atoms with Gasteiger partial charge in [0.1, 0.15) is 0 Å². The third kappa shape index (κ3) is 16.1. The summed E-state index contributed by atoms with van der Waals surface area (Å²) in [6.07, 6.45) is 0. The zero-order valence-electron chi connectivity index (χ0n) is 3.06. The molecule has 0 radical (unpaired) electrons. The van der Waals surface area contributed by atoms with E-state index in [2.05, 4.69) is 18.1 Å². The summed E-state index contributed by atoms with van der Waals surface area (Å²) in [6.45, 7) is 0. The maximum absolute atomic E-state index is 9.63. The van der Waals surface area contributed by atoms with Gasteiger partial charge >= 0.3 is 105 Å². The molecule has 0 aromatic carbocycles. The van der Waals surface area contributed by atoms with E-state index >= 15 is 0 Å². The fraction of sp³-hybridized carbons (Fsp3) is 0.500. The van der Waals surface area contributed by atoms with Crippen molar-refractivity contribution in [2.75, 3.05) is 0 Å². The SMILES string of the molecule is O=C(O)[CH2][Re][Au].[KH].[Pd]. The Morgan fingerprint density at radius 1 is 1.75 bits per heavy atom. The number of carbonyl (C=O) groups is 1. The van der Waals surface area contributed by atoms with E-state index in [1.54, 1.807) is 0 Å². The number of aliphatic carboxylic acids is 1. The largest absolute Gasteiger partial charge is 0 e. The molecule has 0 aliphatic carbocycles. The molecule has 1 N–H and O–H groups in total. The van der Waals surface area contributed by atoms with Crippen molar-refractivity contribution < 1.29 is 63.2 Å². The number of carboxylic acid groups (broad SMARTS) is 1.